The Morgan fingerprint density at radius 3 is 2.81 bits per heavy atom. The third kappa shape index (κ3) is 1.89. The summed E-state index contributed by atoms with van der Waals surface area (Å²) in [5.74, 6) is 0.669. The van der Waals surface area contributed by atoms with Gasteiger partial charge in [-0.15, -0.1) is 0 Å². The standard InChI is InChI=1S/C13H25NO2/c1-2-11-4-3-5-13(15,8-11)12(9-14)6-7-16-10-12/h11,15H,2-10,14H2,1H3. The van der Waals surface area contributed by atoms with E-state index in [-0.39, 0.29) is 5.41 Å². The van der Waals surface area contributed by atoms with Gasteiger partial charge in [-0.3, -0.25) is 0 Å². The molecule has 3 unspecified atom stereocenters. The van der Waals surface area contributed by atoms with Crippen LogP contribution >= 0.6 is 0 Å². The minimum Gasteiger partial charge on any atom is -0.389 e. The minimum absolute atomic E-state index is 0.166. The van der Waals surface area contributed by atoms with E-state index in [2.05, 4.69) is 6.92 Å². The van der Waals surface area contributed by atoms with E-state index in [1.807, 2.05) is 0 Å². The van der Waals surface area contributed by atoms with Crippen molar-refractivity contribution in [2.24, 2.45) is 17.1 Å². The summed E-state index contributed by atoms with van der Waals surface area (Å²) >= 11 is 0. The molecule has 0 bridgehead atoms. The Morgan fingerprint density at radius 2 is 2.25 bits per heavy atom. The van der Waals surface area contributed by atoms with Crippen molar-refractivity contribution in [3.8, 4) is 0 Å². The van der Waals surface area contributed by atoms with Gasteiger partial charge >= 0.3 is 0 Å². The van der Waals surface area contributed by atoms with Gasteiger partial charge in [-0.05, 0) is 25.2 Å². The van der Waals surface area contributed by atoms with E-state index in [0.29, 0.717) is 19.1 Å². The largest absolute Gasteiger partial charge is 0.389 e. The van der Waals surface area contributed by atoms with E-state index in [0.717, 1.165) is 32.3 Å². The zero-order valence-corrected chi connectivity index (χ0v) is 10.4. The van der Waals surface area contributed by atoms with Crippen LogP contribution in [-0.4, -0.2) is 30.5 Å². The van der Waals surface area contributed by atoms with Crippen LogP contribution in [0.25, 0.3) is 0 Å². The van der Waals surface area contributed by atoms with Gasteiger partial charge in [0.05, 0.1) is 12.2 Å². The monoisotopic (exact) mass is 227 g/mol. The average molecular weight is 227 g/mol. The van der Waals surface area contributed by atoms with E-state index in [1.165, 1.54) is 12.8 Å². The van der Waals surface area contributed by atoms with Crippen molar-refractivity contribution in [3.63, 3.8) is 0 Å². The number of hydrogen-bond acceptors (Lipinski definition) is 3. The molecule has 1 saturated carbocycles. The van der Waals surface area contributed by atoms with Crippen LogP contribution in [0.1, 0.15) is 45.4 Å². The summed E-state index contributed by atoms with van der Waals surface area (Å²) in [4.78, 5) is 0. The number of nitrogens with two attached hydrogens (primary N) is 1. The van der Waals surface area contributed by atoms with E-state index < -0.39 is 5.60 Å². The zero-order valence-electron chi connectivity index (χ0n) is 10.4. The maximum Gasteiger partial charge on any atom is 0.0741 e. The van der Waals surface area contributed by atoms with Crippen LogP contribution in [0.3, 0.4) is 0 Å². The average Bonchev–Trinajstić information content (AvgIpc) is 2.79. The Morgan fingerprint density at radius 1 is 1.44 bits per heavy atom. The first-order valence-corrected chi connectivity index (χ1v) is 6.66. The van der Waals surface area contributed by atoms with Gasteiger partial charge in [0.15, 0.2) is 0 Å². The van der Waals surface area contributed by atoms with Crippen molar-refractivity contribution >= 4 is 0 Å². The molecule has 0 radical (unpaired) electrons. The predicted molar refractivity (Wildman–Crippen MR) is 64.1 cm³/mol. The maximum absolute atomic E-state index is 11.0. The summed E-state index contributed by atoms with van der Waals surface area (Å²) in [7, 11) is 0. The molecular weight excluding hydrogens is 202 g/mol. The molecule has 1 heterocycles. The first kappa shape index (κ1) is 12.3. The third-order valence-corrected chi connectivity index (χ3v) is 4.89. The van der Waals surface area contributed by atoms with Crippen LogP contribution in [-0.2, 0) is 4.74 Å². The molecule has 3 atom stereocenters. The van der Waals surface area contributed by atoms with Crippen LogP contribution in [0.5, 0.6) is 0 Å². The molecule has 0 spiro atoms. The number of rotatable bonds is 3. The molecule has 16 heavy (non-hydrogen) atoms. The summed E-state index contributed by atoms with van der Waals surface area (Å²) in [5.41, 5.74) is 5.19. The van der Waals surface area contributed by atoms with Crippen LogP contribution < -0.4 is 5.73 Å². The molecule has 1 aliphatic carbocycles. The van der Waals surface area contributed by atoms with Crippen molar-refractivity contribution in [2.45, 2.75) is 51.0 Å². The lowest BCUT2D eigenvalue weighted by Gasteiger charge is -2.48. The van der Waals surface area contributed by atoms with Gasteiger partial charge in [0.1, 0.15) is 0 Å². The molecule has 2 aliphatic rings. The quantitative estimate of drug-likeness (QED) is 0.771. The highest BCUT2D eigenvalue weighted by atomic mass is 16.5. The SMILES string of the molecule is CCC1CCCC(O)(C2(CN)CCOC2)C1. The van der Waals surface area contributed by atoms with Crippen LogP contribution in [0.4, 0.5) is 0 Å². The van der Waals surface area contributed by atoms with E-state index >= 15 is 0 Å². The molecule has 3 nitrogen and oxygen atoms in total. The van der Waals surface area contributed by atoms with Crippen LogP contribution in [0.15, 0.2) is 0 Å². The van der Waals surface area contributed by atoms with Gasteiger partial charge in [0, 0.05) is 18.6 Å². The summed E-state index contributed by atoms with van der Waals surface area (Å²) < 4.78 is 5.50. The number of hydrogen-bond donors (Lipinski definition) is 2. The number of ether oxygens (including phenoxy) is 1. The first-order valence-electron chi connectivity index (χ1n) is 6.66. The van der Waals surface area contributed by atoms with Crippen LogP contribution in [0.2, 0.25) is 0 Å². The normalized spacial score (nSPS) is 44.8. The fourth-order valence-electron chi connectivity index (χ4n) is 3.52. The second-order valence-corrected chi connectivity index (χ2v) is 5.69. The lowest BCUT2D eigenvalue weighted by atomic mass is 9.62. The lowest BCUT2D eigenvalue weighted by molar-refractivity contribution is -0.119. The number of aliphatic hydroxyl groups is 1. The second-order valence-electron chi connectivity index (χ2n) is 5.69. The predicted octanol–water partition coefficient (Wildman–Crippen LogP) is 1.68. The highest BCUT2D eigenvalue weighted by molar-refractivity contribution is 5.04. The summed E-state index contributed by atoms with van der Waals surface area (Å²) in [5, 5.41) is 11.0. The van der Waals surface area contributed by atoms with Crippen molar-refractivity contribution in [2.75, 3.05) is 19.8 Å². The molecule has 0 aromatic heterocycles. The van der Waals surface area contributed by atoms with E-state index in [9.17, 15) is 5.11 Å². The summed E-state index contributed by atoms with van der Waals surface area (Å²) in [6.07, 6.45) is 6.32. The molecular formula is C13H25NO2. The Labute approximate surface area is 98.4 Å². The topological polar surface area (TPSA) is 55.5 Å². The Bertz CT molecular complexity index is 238. The molecule has 3 N–H and O–H groups in total. The van der Waals surface area contributed by atoms with Gasteiger partial charge in [0.2, 0.25) is 0 Å². The van der Waals surface area contributed by atoms with Crippen molar-refractivity contribution in [1.82, 2.24) is 0 Å². The fourth-order valence-corrected chi connectivity index (χ4v) is 3.52. The maximum atomic E-state index is 11.0. The van der Waals surface area contributed by atoms with Gasteiger partial charge < -0.3 is 15.6 Å². The Balaban J connectivity index is 2.15. The highest BCUT2D eigenvalue weighted by Gasteiger charge is 2.53. The van der Waals surface area contributed by atoms with Gasteiger partial charge in [-0.1, -0.05) is 26.2 Å². The molecule has 1 saturated heterocycles. The fraction of sp³-hybridized carbons (Fsp3) is 1.00. The molecule has 0 aromatic rings. The van der Waals surface area contributed by atoms with Gasteiger partial charge in [0.25, 0.3) is 0 Å². The van der Waals surface area contributed by atoms with Gasteiger partial charge in [-0.25, -0.2) is 0 Å². The van der Waals surface area contributed by atoms with Crippen molar-refractivity contribution < 1.29 is 9.84 Å². The van der Waals surface area contributed by atoms with Crippen molar-refractivity contribution in [3.05, 3.63) is 0 Å². The molecule has 3 heteroatoms. The van der Waals surface area contributed by atoms with Crippen LogP contribution in [0, 0.1) is 11.3 Å². The van der Waals surface area contributed by atoms with Gasteiger partial charge in [-0.2, -0.15) is 0 Å². The minimum atomic E-state index is -0.572. The Hall–Kier alpha value is -0.120. The second kappa shape index (κ2) is 4.63. The highest BCUT2D eigenvalue weighted by Crippen LogP contribution is 2.48. The molecule has 94 valence electrons. The Kier molecular flexibility index (Phi) is 3.57. The smallest absolute Gasteiger partial charge is 0.0741 e. The molecule has 1 aliphatic heterocycles. The zero-order chi connectivity index (χ0) is 11.6. The lowest BCUT2D eigenvalue weighted by Crippen LogP contribution is -2.55. The molecule has 0 amide bonds. The van der Waals surface area contributed by atoms with E-state index in [4.69, 9.17) is 10.5 Å². The first-order chi connectivity index (χ1) is 7.66. The summed E-state index contributed by atoms with van der Waals surface area (Å²) in [6.45, 7) is 4.18. The summed E-state index contributed by atoms with van der Waals surface area (Å²) in [6, 6.07) is 0. The van der Waals surface area contributed by atoms with E-state index in [1.54, 1.807) is 0 Å². The molecule has 2 rings (SSSR count). The van der Waals surface area contributed by atoms with Crippen molar-refractivity contribution in [1.29, 1.82) is 0 Å². The molecule has 2 fully saturated rings. The molecule has 0 aromatic carbocycles. The third-order valence-electron chi connectivity index (χ3n) is 4.89.